The topological polar surface area (TPSA) is 107 Å². The van der Waals surface area contributed by atoms with E-state index in [9.17, 15) is 18.0 Å². The van der Waals surface area contributed by atoms with Crippen LogP contribution in [-0.4, -0.2) is 77.0 Å². The Bertz CT molecular complexity index is 1280. The molecule has 2 aliphatic rings. The lowest BCUT2D eigenvalue weighted by Gasteiger charge is -2.34. The van der Waals surface area contributed by atoms with E-state index in [0.29, 0.717) is 19.6 Å². The molecule has 10 heteroatoms. The molecule has 35 heavy (non-hydrogen) atoms. The maximum absolute atomic E-state index is 13.0. The van der Waals surface area contributed by atoms with Crippen LogP contribution < -0.4 is 0 Å². The van der Waals surface area contributed by atoms with Gasteiger partial charge >= 0.3 is 0 Å². The lowest BCUT2D eigenvalue weighted by Crippen LogP contribution is -2.50. The van der Waals surface area contributed by atoms with Gasteiger partial charge in [0.15, 0.2) is 0 Å². The highest BCUT2D eigenvalue weighted by molar-refractivity contribution is 7.89. The van der Waals surface area contributed by atoms with Crippen LogP contribution in [-0.2, 0) is 19.6 Å². The first-order valence-electron chi connectivity index (χ1n) is 12.0. The smallest absolute Gasteiger partial charge is 0.243 e. The van der Waals surface area contributed by atoms with E-state index in [4.69, 9.17) is 0 Å². The molecule has 2 fully saturated rings. The number of fused-ring (bicyclic) bond motifs is 1. The number of hydrogen-bond donors (Lipinski definition) is 1. The van der Waals surface area contributed by atoms with Crippen molar-refractivity contribution in [2.24, 2.45) is 0 Å². The van der Waals surface area contributed by atoms with Crippen molar-refractivity contribution in [2.45, 2.75) is 36.6 Å². The number of benzene rings is 2. The molecule has 184 valence electrons. The van der Waals surface area contributed by atoms with Gasteiger partial charge in [-0.05, 0) is 37.1 Å². The third-order valence-electron chi connectivity index (χ3n) is 6.82. The number of hydrogen-bond acceptors (Lipinski definition) is 5. The van der Waals surface area contributed by atoms with Gasteiger partial charge in [-0.25, -0.2) is 13.4 Å². The summed E-state index contributed by atoms with van der Waals surface area (Å²) in [6.45, 7) is 1.80. The first kappa shape index (κ1) is 23.5. The van der Waals surface area contributed by atoms with Crippen molar-refractivity contribution in [2.75, 3.05) is 32.7 Å². The summed E-state index contributed by atoms with van der Waals surface area (Å²) in [7, 11) is -3.56. The van der Waals surface area contributed by atoms with Gasteiger partial charge in [-0.1, -0.05) is 30.3 Å². The van der Waals surface area contributed by atoms with Crippen LogP contribution in [0.5, 0.6) is 0 Å². The molecule has 0 bridgehead atoms. The Kier molecular flexibility index (Phi) is 6.57. The van der Waals surface area contributed by atoms with E-state index in [1.54, 1.807) is 35.2 Å². The molecule has 9 nitrogen and oxygen atoms in total. The minimum atomic E-state index is -3.56. The van der Waals surface area contributed by atoms with Crippen LogP contribution in [0.4, 0.5) is 0 Å². The molecule has 2 aliphatic heterocycles. The molecule has 2 amide bonds. The van der Waals surface area contributed by atoms with Crippen molar-refractivity contribution >= 4 is 32.9 Å². The quantitative estimate of drug-likeness (QED) is 0.566. The van der Waals surface area contributed by atoms with Gasteiger partial charge in [0.2, 0.25) is 21.8 Å². The zero-order valence-electron chi connectivity index (χ0n) is 19.5. The van der Waals surface area contributed by atoms with Crippen LogP contribution in [0.1, 0.15) is 37.5 Å². The van der Waals surface area contributed by atoms with Crippen molar-refractivity contribution in [1.29, 1.82) is 0 Å². The maximum atomic E-state index is 13.0. The van der Waals surface area contributed by atoms with Gasteiger partial charge in [0, 0.05) is 45.6 Å². The van der Waals surface area contributed by atoms with E-state index in [1.165, 1.54) is 4.31 Å². The molecule has 0 saturated carbocycles. The molecule has 1 N–H and O–H groups in total. The number of imidazole rings is 1. The molecule has 2 saturated heterocycles. The Hall–Kier alpha value is -3.24. The number of likely N-dealkylation sites (tertiary alicyclic amines) is 1. The van der Waals surface area contributed by atoms with Gasteiger partial charge in [0.25, 0.3) is 0 Å². The first-order chi connectivity index (χ1) is 16.9. The number of carbonyl (C=O) groups excluding carboxylic acids is 2. The zero-order valence-corrected chi connectivity index (χ0v) is 20.3. The van der Waals surface area contributed by atoms with E-state index in [2.05, 4.69) is 9.97 Å². The number of piperazine rings is 1. The van der Waals surface area contributed by atoms with Gasteiger partial charge in [0.05, 0.1) is 22.0 Å². The van der Waals surface area contributed by atoms with Gasteiger partial charge < -0.3 is 14.8 Å². The summed E-state index contributed by atoms with van der Waals surface area (Å²) in [5.41, 5.74) is 1.83. The molecular formula is C25H29N5O4S. The summed E-state index contributed by atoms with van der Waals surface area (Å²) < 4.78 is 27.0. The van der Waals surface area contributed by atoms with Crippen molar-refractivity contribution in [1.82, 2.24) is 24.1 Å². The van der Waals surface area contributed by atoms with Crippen LogP contribution in [0.25, 0.3) is 11.0 Å². The highest BCUT2D eigenvalue weighted by Gasteiger charge is 2.33. The van der Waals surface area contributed by atoms with Crippen LogP contribution in [0, 0.1) is 0 Å². The molecule has 1 atom stereocenters. The second-order valence-electron chi connectivity index (χ2n) is 8.98. The predicted molar refractivity (Wildman–Crippen MR) is 131 cm³/mol. The number of nitrogens with one attached hydrogen (secondary N) is 1. The Morgan fingerprint density at radius 2 is 1.57 bits per heavy atom. The third kappa shape index (κ3) is 4.81. The third-order valence-corrected chi connectivity index (χ3v) is 8.73. The van der Waals surface area contributed by atoms with Crippen LogP contribution in [0.15, 0.2) is 59.5 Å². The monoisotopic (exact) mass is 495 g/mol. The van der Waals surface area contributed by atoms with Crippen molar-refractivity contribution in [3.63, 3.8) is 0 Å². The number of aromatic nitrogens is 2. The average molecular weight is 496 g/mol. The predicted octanol–water partition coefficient (Wildman–Crippen LogP) is 2.54. The number of carbonyl (C=O) groups is 2. The van der Waals surface area contributed by atoms with Gasteiger partial charge in [0.1, 0.15) is 5.82 Å². The molecule has 2 aromatic carbocycles. The second kappa shape index (κ2) is 9.79. The Labute approximate surface area is 204 Å². The summed E-state index contributed by atoms with van der Waals surface area (Å²) in [5, 5.41) is 0. The fraction of sp³-hybridized carbons (Fsp3) is 0.400. The van der Waals surface area contributed by atoms with Crippen molar-refractivity contribution < 1.29 is 18.0 Å². The Morgan fingerprint density at radius 3 is 2.31 bits per heavy atom. The number of para-hydroxylation sites is 2. The minimum Gasteiger partial charge on any atom is -0.340 e. The number of rotatable bonds is 6. The normalized spacial score (nSPS) is 19.4. The lowest BCUT2D eigenvalue weighted by atomic mass is 10.2. The summed E-state index contributed by atoms with van der Waals surface area (Å²) in [4.78, 5) is 37.5. The van der Waals surface area contributed by atoms with E-state index >= 15 is 0 Å². The summed E-state index contributed by atoms with van der Waals surface area (Å²) in [6, 6.07) is 16.0. The fourth-order valence-electron chi connectivity index (χ4n) is 4.91. The van der Waals surface area contributed by atoms with E-state index in [-0.39, 0.29) is 48.7 Å². The number of amides is 2. The van der Waals surface area contributed by atoms with Gasteiger partial charge in [-0.15, -0.1) is 0 Å². The molecule has 3 heterocycles. The van der Waals surface area contributed by atoms with Crippen LogP contribution in [0.2, 0.25) is 0 Å². The highest BCUT2D eigenvalue weighted by atomic mass is 32.2. The first-order valence-corrected chi connectivity index (χ1v) is 13.4. The molecule has 0 radical (unpaired) electrons. The zero-order chi connectivity index (χ0) is 24.4. The molecule has 0 spiro atoms. The molecule has 5 rings (SSSR count). The fourth-order valence-corrected chi connectivity index (χ4v) is 6.36. The largest absolute Gasteiger partial charge is 0.340 e. The molecular weight excluding hydrogens is 466 g/mol. The Balaban J connectivity index is 1.14. The molecule has 1 aromatic heterocycles. The standard InChI is InChI=1S/C25H29N5O4S/c31-23(28-15-17-29(18-16-28)35(33,34)19-7-2-1-3-8-19)12-13-24(32)30-14-6-11-22(30)25-26-20-9-4-5-10-21(20)27-25/h1-5,7-10,22H,6,11-18H2,(H,26,27). The van der Waals surface area contributed by atoms with E-state index in [1.807, 2.05) is 29.2 Å². The summed E-state index contributed by atoms with van der Waals surface area (Å²) in [5.74, 6) is 0.625. The van der Waals surface area contributed by atoms with Gasteiger partial charge in [-0.2, -0.15) is 4.31 Å². The second-order valence-corrected chi connectivity index (χ2v) is 10.9. The average Bonchev–Trinajstić information content (AvgIpc) is 3.55. The Morgan fingerprint density at radius 1 is 0.886 bits per heavy atom. The van der Waals surface area contributed by atoms with Gasteiger partial charge in [-0.3, -0.25) is 9.59 Å². The van der Waals surface area contributed by atoms with Crippen LogP contribution >= 0.6 is 0 Å². The van der Waals surface area contributed by atoms with Crippen LogP contribution in [0.3, 0.4) is 0 Å². The molecule has 3 aromatic rings. The number of aromatic amines is 1. The maximum Gasteiger partial charge on any atom is 0.243 e. The molecule has 0 aliphatic carbocycles. The highest BCUT2D eigenvalue weighted by Crippen LogP contribution is 2.32. The molecule has 1 unspecified atom stereocenters. The summed E-state index contributed by atoms with van der Waals surface area (Å²) >= 11 is 0. The minimum absolute atomic E-state index is 0.0494. The van der Waals surface area contributed by atoms with Crippen molar-refractivity contribution in [3.05, 3.63) is 60.4 Å². The number of sulfonamides is 1. The SMILES string of the molecule is O=C(CCC(=O)N1CCCC1c1nc2ccccc2[nH]1)N1CCN(S(=O)(=O)c2ccccc2)CC1. The number of H-pyrrole nitrogens is 1. The van der Waals surface area contributed by atoms with E-state index < -0.39 is 10.0 Å². The lowest BCUT2D eigenvalue weighted by molar-refractivity contribution is -0.138. The van der Waals surface area contributed by atoms with E-state index in [0.717, 1.165) is 29.7 Å². The number of nitrogens with zero attached hydrogens (tertiary/aromatic N) is 4. The summed E-state index contributed by atoms with van der Waals surface area (Å²) in [6.07, 6.45) is 2.00. The van der Waals surface area contributed by atoms with Crippen molar-refractivity contribution in [3.8, 4) is 0 Å².